The summed E-state index contributed by atoms with van der Waals surface area (Å²) in [6.45, 7) is 0.842. The molecule has 4 heteroatoms. The van der Waals surface area contributed by atoms with Crippen LogP contribution in [0, 0.1) is 17.1 Å². The van der Waals surface area contributed by atoms with Gasteiger partial charge in [-0.2, -0.15) is 5.26 Å². The zero-order valence-corrected chi connectivity index (χ0v) is 8.83. The first-order valence-corrected chi connectivity index (χ1v) is 5.29. The molecule has 1 N–H and O–H groups in total. The van der Waals surface area contributed by atoms with Crippen LogP contribution < -0.4 is 5.32 Å². The first kappa shape index (κ1) is 10.6. The largest absolute Gasteiger partial charge is 0.344 e. The molecule has 1 heterocycles. The summed E-state index contributed by atoms with van der Waals surface area (Å²) >= 11 is 0. The number of rotatable bonds is 1. The second-order valence-corrected chi connectivity index (χ2v) is 3.72. The molecule has 82 valence electrons. The Morgan fingerprint density at radius 2 is 2.25 bits per heavy atom. The van der Waals surface area contributed by atoms with Gasteiger partial charge in [-0.05, 0) is 31.0 Å². The molecule has 0 bridgehead atoms. The maximum Gasteiger partial charge on any atom is 0.141 e. The first-order valence-electron chi connectivity index (χ1n) is 5.29. The minimum atomic E-state index is -0.487. The van der Waals surface area contributed by atoms with Crippen LogP contribution in [0.3, 0.4) is 0 Å². The fourth-order valence-corrected chi connectivity index (χ4v) is 1.65. The molecule has 2 rings (SSSR count). The molecule has 3 nitrogen and oxygen atoms in total. The Morgan fingerprint density at radius 1 is 1.38 bits per heavy atom. The summed E-state index contributed by atoms with van der Waals surface area (Å²) in [4.78, 5) is 4.33. The minimum absolute atomic E-state index is 0.0569. The van der Waals surface area contributed by atoms with E-state index in [9.17, 15) is 4.39 Å². The van der Waals surface area contributed by atoms with Crippen molar-refractivity contribution in [1.82, 2.24) is 0 Å². The van der Waals surface area contributed by atoms with Crippen molar-refractivity contribution < 1.29 is 4.39 Å². The smallest absolute Gasteiger partial charge is 0.141 e. The zero-order valence-electron chi connectivity index (χ0n) is 8.83. The summed E-state index contributed by atoms with van der Waals surface area (Å²) in [5.41, 5.74) is 0.778. The lowest BCUT2D eigenvalue weighted by Crippen LogP contribution is -2.16. The maximum absolute atomic E-state index is 13.1. The predicted octanol–water partition coefficient (Wildman–Crippen LogP) is 2.69. The number of amidine groups is 1. The number of anilines is 1. The van der Waals surface area contributed by atoms with Gasteiger partial charge in [0.15, 0.2) is 0 Å². The number of halogens is 1. The summed E-state index contributed by atoms with van der Waals surface area (Å²) in [6, 6.07) is 6.24. The van der Waals surface area contributed by atoms with Crippen LogP contribution in [0.15, 0.2) is 23.2 Å². The van der Waals surface area contributed by atoms with Crippen molar-refractivity contribution in [3.8, 4) is 6.07 Å². The third-order valence-corrected chi connectivity index (χ3v) is 2.50. The van der Waals surface area contributed by atoms with E-state index in [0.717, 1.165) is 37.3 Å². The van der Waals surface area contributed by atoms with Gasteiger partial charge in [-0.15, -0.1) is 0 Å². The summed E-state index contributed by atoms with van der Waals surface area (Å²) in [7, 11) is 0. The van der Waals surface area contributed by atoms with Crippen molar-refractivity contribution in [2.75, 3.05) is 11.9 Å². The van der Waals surface area contributed by atoms with Gasteiger partial charge in [0.05, 0.1) is 5.56 Å². The minimum Gasteiger partial charge on any atom is -0.344 e. The number of nitrogens with zero attached hydrogens (tertiary/aromatic N) is 2. The van der Waals surface area contributed by atoms with Gasteiger partial charge in [-0.3, -0.25) is 4.99 Å². The van der Waals surface area contributed by atoms with Crippen LogP contribution in [0.1, 0.15) is 24.8 Å². The lowest BCUT2D eigenvalue weighted by Gasteiger charge is -2.14. The molecule has 0 saturated carbocycles. The first-order chi connectivity index (χ1) is 7.79. The highest BCUT2D eigenvalue weighted by molar-refractivity contribution is 5.95. The molecule has 0 aromatic heterocycles. The van der Waals surface area contributed by atoms with Gasteiger partial charge < -0.3 is 5.32 Å². The average Bonchev–Trinajstić information content (AvgIpc) is 2.33. The normalized spacial score (nSPS) is 15.1. The van der Waals surface area contributed by atoms with E-state index in [-0.39, 0.29) is 5.56 Å². The van der Waals surface area contributed by atoms with Gasteiger partial charge in [0.25, 0.3) is 0 Å². The second-order valence-electron chi connectivity index (χ2n) is 3.72. The van der Waals surface area contributed by atoms with Crippen molar-refractivity contribution in [2.24, 2.45) is 4.99 Å². The molecule has 1 aliphatic heterocycles. The molecule has 0 fully saturated rings. The monoisotopic (exact) mass is 217 g/mol. The third-order valence-electron chi connectivity index (χ3n) is 2.50. The highest BCUT2D eigenvalue weighted by Gasteiger charge is 2.07. The van der Waals surface area contributed by atoms with Crippen molar-refractivity contribution in [3.63, 3.8) is 0 Å². The molecule has 0 saturated heterocycles. The molecule has 1 aromatic carbocycles. The molecule has 0 radical (unpaired) electrons. The number of aliphatic imine (C=N–C) groups is 1. The van der Waals surface area contributed by atoms with E-state index in [4.69, 9.17) is 5.26 Å². The fourth-order valence-electron chi connectivity index (χ4n) is 1.65. The topological polar surface area (TPSA) is 48.2 Å². The van der Waals surface area contributed by atoms with Gasteiger partial charge in [-0.1, -0.05) is 0 Å². The van der Waals surface area contributed by atoms with E-state index in [1.165, 1.54) is 12.1 Å². The summed E-state index contributed by atoms with van der Waals surface area (Å²) < 4.78 is 13.1. The van der Waals surface area contributed by atoms with Gasteiger partial charge in [-0.25, -0.2) is 4.39 Å². The number of hydrogen-bond acceptors (Lipinski definition) is 3. The molecule has 0 unspecified atom stereocenters. The zero-order chi connectivity index (χ0) is 11.4. The molecule has 0 spiro atoms. The molecule has 0 amide bonds. The predicted molar refractivity (Wildman–Crippen MR) is 60.9 cm³/mol. The van der Waals surface area contributed by atoms with Gasteiger partial charge >= 0.3 is 0 Å². The Labute approximate surface area is 93.6 Å². The van der Waals surface area contributed by atoms with E-state index >= 15 is 0 Å². The Morgan fingerprint density at radius 3 is 2.94 bits per heavy atom. The van der Waals surface area contributed by atoms with Crippen LogP contribution in [-0.4, -0.2) is 12.4 Å². The number of nitrogens with one attached hydrogen (secondary N) is 1. The Balaban J connectivity index is 2.16. The van der Waals surface area contributed by atoms with Crippen LogP contribution >= 0.6 is 0 Å². The number of hydrogen-bond donors (Lipinski definition) is 1. The maximum atomic E-state index is 13.1. The molecular weight excluding hydrogens is 205 g/mol. The van der Waals surface area contributed by atoms with Crippen LogP contribution in [0.2, 0.25) is 0 Å². The SMILES string of the molecule is N#Cc1cc(NC2=NCCCC2)ccc1F. The van der Waals surface area contributed by atoms with Gasteiger partial charge in [0.1, 0.15) is 17.7 Å². The Kier molecular flexibility index (Phi) is 3.16. The summed E-state index contributed by atoms with van der Waals surface area (Å²) in [6.07, 6.45) is 3.16. The number of nitriles is 1. The van der Waals surface area contributed by atoms with Crippen molar-refractivity contribution in [2.45, 2.75) is 19.3 Å². The van der Waals surface area contributed by atoms with Crippen LogP contribution in [-0.2, 0) is 0 Å². The quantitative estimate of drug-likeness (QED) is 0.786. The lowest BCUT2D eigenvalue weighted by molar-refractivity contribution is 0.624. The summed E-state index contributed by atoms with van der Waals surface area (Å²) in [5, 5.41) is 11.8. The second kappa shape index (κ2) is 4.75. The van der Waals surface area contributed by atoms with Crippen LogP contribution in [0.5, 0.6) is 0 Å². The van der Waals surface area contributed by atoms with Crippen molar-refractivity contribution in [1.29, 1.82) is 5.26 Å². The molecule has 0 aliphatic carbocycles. The molecular formula is C12H12FN3. The highest BCUT2D eigenvalue weighted by Crippen LogP contribution is 2.16. The standard InChI is InChI=1S/C12H12FN3/c13-11-5-4-10(7-9(11)8-14)16-12-3-1-2-6-15-12/h4-5,7H,1-3,6H2,(H,15,16). The fraction of sp³-hybridized carbons (Fsp3) is 0.333. The van der Waals surface area contributed by atoms with E-state index in [2.05, 4.69) is 10.3 Å². The highest BCUT2D eigenvalue weighted by atomic mass is 19.1. The molecule has 1 aliphatic rings. The van der Waals surface area contributed by atoms with Crippen molar-refractivity contribution in [3.05, 3.63) is 29.6 Å². The van der Waals surface area contributed by atoms with E-state index < -0.39 is 5.82 Å². The molecule has 16 heavy (non-hydrogen) atoms. The van der Waals surface area contributed by atoms with Gasteiger partial charge in [0.2, 0.25) is 0 Å². The molecule has 1 aromatic rings. The average molecular weight is 217 g/mol. The summed E-state index contributed by atoms with van der Waals surface area (Å²) in [5.74, 6) is 0.431. The van der Waals surface area contributed by atoms with E-state index in [1.54, 1.807) is 6.07 Å². The number of benzene rings is 1. The van der Waals surface area contributed by atoms with E-state index in [0.29, 0.717) is 0 Å². The molecule has 0 atom stereocenters. The van der Waals surface area contributed by atoms with Crippen molar-refractivity contribution >= 4 is 11.5 Å². The van der Waals surface area contributed by atoms with Gasteiger partial charge in [0, 0.05) is 18.7 Å². The van der Waals surface area contributed by atoms with Crippen LogP contribution in [0.4, 0.5) is 10.1 Å². The van der Waals surface area contributed by atoms with Crippen LogP contribution in [0.25, 0.3) is 0 Å². The Bertz CT molecular complexity index is 460. The lowest BCUT2D eigenvalue weighted by atomic mass is 10.1. The Hall–Kier alpha value is -1.89. The third kappa shape index (κ3) is 2.37. The van der Waals surface area contributed by atoms with E-state index in [1.807, 2.05) is 6.07 Å².